The number of rotatable bonds is 7. The molecule has 1 aromatic carbocycles. The van der Waals surface area contributed by atoms with Gasteiger partial charge in [-0.1, -0.05) is 12.1 Å². The van der Waals surface area contributed by atoms with E-state index in [-0.39, 0.29) is 17.9 Å². The maximum atomic E-state index is 12.7. The summed E-state index contributed by atoms with van der Waals surface area (Å²) in [6, 6.07) is 7.47. The highest BCUT2D eigenvalue weighted by molar-refractivity contribution is 5.97. The molecule has 2 amide bonds. The van der Waals surface area contributed by atoms with E-state index in [1.807, 2.05) is 42.1 Å². The van der Waals surface area contributed by atoms with Crippen molar-refractivity contribution in [3.63, 3.8) is 0 Å². The minimum absolute atomic E-state index is 0.0996. The van der Waals surface area contributed by atoms with Crippen molar-refractivity contribution in [1.29, 1.82) is 0 Å². The van der Waals surface area contributed by atoms with Gasteiger partial charge >= 0.3 is 0 Å². The van der Waals surface area contributed by atoms with Crippen LogP contribution in [0.4, 0.5) is 0 Å². The Labute approximate surface area is 155 Å². The number of hydrogen-bond donors (Lipinski definition) is 1. The zero-order chi connectivity index (χ0) is 18.5. The lowest BCUT2D eigenvalue weighted by atomic mass is 10.0. The monoisotopic (exact) mass is 359 g/mol. The molecule has 26 heavy (non-hydrogen) atoms. The molecule has 2 aliphatic rings. The van der Waals surface area contributed by atoms with E-state index in [1.54, 1.807) is 6.07 Å². The number of carbonyl (C=O) groups is 2. The molecular weight excluding hydrogens is 330 g/mol. The number of carbonyl (C=O) groups excluding carboxylic acids is 2. The largest absolute Gasteiger partial charge is 0.491 e. The number of nitrogens with one attached hydrogen (secondary N) is 1. The standard InChI is InChI=1S/C20H29N3O3/c1-22(2)13-14-26-18-6-4-3-5-17(18)19(24)21-16-9-11-23(12-10-16)20(25)15-7-8-15/h3-6,15-16H,7-14H2,1-2H3,(H,21,24). The second kappa shape index (κ2) is 8.54. The van der Waals surface area contributed by atoms with Gasteiger partial charge in [0.2, 0.25) is 5.91 Å². The molecule has 0 atom stereocenters. The molecule has 1 aromatic rings. The van der Waals surface area contributed by atoms with E-state index >= 15 is 0 Å². The molecule has 0 radical (unpaired) electrons. The van der Waals surface area contributed by atoms with Gasteiger partial charge in [-0.25, -0.2) is 0 Å². The van der Waals surface area contributed by atoms with Gasteiger partial charge in [-0.15, -0.1) is 0 Å². The quantitative estimate of drug-likeness (QED) is 0.806. The number of ether oxygens (including phenoxy) is 1. The molecule has 1 N–H and O–H groups in total. The van der Waals surface area contributed by atoms with Crippen LogP contribution in [0.25, 0.3) is 0 Å². The van der Waals surface area contributed by atoms with Crippen LogP contribution in [0, 0.1) is 5.92 Å². The molecule has 1 aliphatic heterocycles. The Balaban J connectivity index is 1.51. The molecule has 2 fully saturated rings. The minimum atomic E-state index is -0.0996. The summed E-state index contributed by atoms with van der Waals surface area (Å²) >= 11 is 0. The van der Waals surface area contributed by atoms with E-state index in [2.05, 4.69) is 5.32 Å². The summed E-state index contributed by atoms with van der Waals surface area (Å²) in [4.78, 5) is 28.8. The highest BCUT2D eigenvalue weighted by Gasteiger charge is 2.35. The fourth-order valence-electron chi connectivity index (χ4n) is 3.21. The molecule has 142 valence electrons. The fourth-order valence-corrected chi connectivity index (χ4v) is 3.21. The first kappa shape index (κ1) is 18.7. The van der Waals surface area contributed by atoms with Crippen molar-refractivity contribution in [1.82, 2.24) is 15.1 Å². The van der Waals surface area contributed by atoms with E-state index in [4.69, 9.17) is 4.74 Å². The van der Waals surface area contributed by atoms with Crippen LogP contribution in [0.3, 0.4) is 0 Å². The van der Waals surface area contributed by atoms with Crippen LogP contribution in [0.1, 0.15) is 36.0 Å². The van der Waals surface area contributed by atoms with Crippen LogP contribution < -0.4 is 10.1 Å². The number of para-hydroxylation sites is 1. The lowest BCUT2D eigenvalue weighted by Crippen LogP contribution is -2.47. The van der Waals surface area contributed by atoms with Crippen molar-refractivity contribution in [3.8, 4) is 5.75 Å². The van der Waals surface area contributed by atoms with Crippen LogP contribution in [0.5, 0.6) is 5.75 Å². The molecule has 0 bridgehead atoms. The maximum absolute atomic E-state index is 12.7. The van der Waals surface area contributed by atoms with E-state index < -0.39 is 0 Å². The van der Waals surface area contributed by atoms with Gasteiger partial charge in [0.05, 0.1) is 5.56 Å². The molecule has 3 rings (SSSR count). The highest BCUT2D eigenvalue weighted by Crippen LogP contribution is 2.32. The van der Waals surface area contributed by atoms with Crippen LogP contribution in [-0.4, -0.2) is 68.0 Å². The molecule has 1 heterocycles. The van der Waals surface area contributed by atoms with Crippen molar-refractivity contribution in [2.45, 2.75) is 31.7 Å². The van der Waals surface area contributed by atoms with E-state index in [0.29, 0.717) is 23.8 Å². The summed E-state index contributed by atoms with van der Waals surface area (Å²) in [6.45, 7) is 2.81. The zero-order valence-corrected chi connectivity index (χ0v) is 15.7. The van der Waals surface area contributed by atoms with Crippen LogP contribution in [0.15, 0.2) is 24.3 Å². The lowest BCUT2D eigenvalue weighted by Gasteiger charge is -2.32. The molecule has 0 spiro atoms. The number of nitrogens with zero attached hydrogens (tertiary/aromatic N) is 2. The first-order chi connectivity index (χ1) is 12.5. The molecule has 1 saturated carbocycles. The van der Waals surface area contributed by atoms with Gasteiger partial charge in [0.25, 0.3) is 5.91 Å². The summed E-state index contributed by atoms with van der Waals surface area (Å²) < 4.78 is 5.78. The number of likely N-dealkylation sites (N-methyl/N-ethyl adjacent to an activating group) is 1. The molecule has 6 heteroatoms. The van der Waals surface area contributed by atoms with E-state index in [1.165, 1.54) is 0 Å². The van der Waals surface area contributed by atoms with Gasteiger partial charge in [0.1, 0.15) is 12.4 Å². The average Bonchev–Trinajstić information content (AvgIpc) is 3.47. The topological polar surface area (TPSA) is 61.9 Å². The summed E-state index contributed by atoms with van der Waals surface area (Å²) in [5, 5.41) is 3.11. The number of amides is 2. The third kappa shape index (κ3) is 4.97. The van der Waals surface area contributed by atoms with Gasteiger partial charge in [-0.2, -0.15) is 0 Å². The summed E-state index contributed by atoms with van der Waals surface area (Å²) in [6.07, 6.45) is 3.71. The fraction of sp³-hybridized carbons (Fsp3) is 0.600. The molecule has 0 aromatic heterocycles. The zero-order valence-electron chi connectivity index (χ0n) is 15.7. The van der Waals surface area contributed by atoms with Crippen molar-refractivity contribution in [2.24, 2.45) is 5.92 Å². The smallest absolute Gasteiger partial charge is 0.255 e. The second-order valence-corrected chi connectivity index (χ2v) is 7.50. The third-order valence-corrected chi connectivity index (χ3v) is 5.00. The Morgan fingerprint density at radius 2 is 1.85 bits per heavy atom. The minimum Gasteiger partial charge on any atom is -0.491 e. The molecular formula is C20H29N3O3. The summed E-state index contributed by atoms with van der Waals surface area (Å²) in [7, 11) is 3.98. The first-order valence-corrected chi connectivity index (χ1v) is 9.51. The van der Waals surface area contributed by atoms with Crippen molar-refractivity contribution >= 4 is 11.8 Å². The van der Waals surface area contributed by atoms with Crippen LogP contribution in [0.2, 0.25) is 0 Å². The normalized spacial score (nSPS) is 18.0. The summed E-state index contributed by atoms with van der Waals surface area (Å²) in [5.74, 6) is 1.09. The van der Waals surface area contributed by atoms with Crippen LogP contribution in [-0.2, 0) is 4.79 Å². The number of piperidine rings is 1. The molecule has 1 saturated heterocycles. The van der Waals surface area contributed by atoms with Crippen molar-refractivity contribution < 1.29 is 14.3 Å². The SMILES string of the molecule is CN(C)CCOc1ccccc1C(=O)NC1CCN(C(=O)C2CC2)CC1. The van der Waals surface area contributed by atoms with Gasteiger partial charge < -0.3 is 19.9 Å². The first-order valence-electron chi connectivity index (χ1n) is 9.51. The van der Waals surface area contributed by atoms with Gasteiger partial charge in [-0.05, 0) is 51.9 Å². The van der Waals surface area contributed by atoms with Crippen molar-refractivity contribution in [2.75, 3.05) is 40.3 Å². The predicted octanol–water partition coefficient (Wildman–Crippen LogP) is 1.76. The third-order valence-electron chi connectivity index (χ3n) is 5.00. The number of hydrogen-bond acceptors (Lipinski definition) is 4. The lowest BCUT2D eigenvalue weighted by molar-refractivity contribution is -0.133. The Morgan fingerprint density at radius 1 is 1.15 bits per heavy atom. The molecule has 6 nitrogen and oxygen atoms in total. The summed E-state index contributed by atoms with van der Waals surface area (Å²) in [5.41, 5.74) is 0.572. The highest BCUT2D eigenvalue weighted by atomic mass is 16.5. The Hall–Kier alpha value is -2.08. The maximum Gasteiger partial charge on any atom is 0.255 e. The van der Waals surface area contributed by atoms with Crippen molar-refractivity contribution in [3.05, 3.63) is 29.8 Å². The van der Waals surface area contributed by atoms with Gasteiger partial charge in [0, 0.05) is 31.6 Å². The van der Waals surface area contributed by atoms with Crippen LogP contribution >= 0.6 is 0 Å². The average molecular weight is 359 g/mol. The van der Waals surface area contributed by atoms with Gasteiger partial charge in [0.15, 0.2) is 0 Å². The Kier molecular flexibility index (Phi) is 6.14. The van der Waals surface area contributed by atoms with E-state index in [9.17, 15) is 9.59 Å². The van der Waals surface area contributed by atoms with Gasteiger partial charge in [-0.3, -0.25) is 9.59 Å². The molecule has 1 aliphatic carbocycles. The predicted molar refractivity (Wildman–Crippen MR) is 100 cm³/mol. The number of benzene rings is 1. The Morgan fingerprint density at radius 3 is 2.50 bits per heavy atom. The Bertz CT molecular complexity index is 635. The second-order valence-electron chi connectivity index (χ2n) is 7.50. The number of likely N-dealkylation sites (tertiary alicyclic amines) is 1. The van der Waals surface area contributed by atoms with E-state index in [0.717, 1.165) is 45.3 Å². The molecule has 0 unspecified atom stereocenters.